The van der Waals surface area contributed by atoms with E-state index in [0.29, 0.717) is 0 Å². The minimum Gasteiger partial charge on any atom is -0.396 e. The van der Waals surface area contributed by atoms with Crippen LogP contribution in [0.5, 0.6) is 0 Å². The van der Waals surface area contributed by atoms with Gasteiger partial charge in [0.15, 0.2) is 0 Å². The van der Waals surface area contributed by atoms with E-state index < -0.39 is 0 Å². The van der Waals surface area contributed by atoms with E-state index in [1.807, 2.05) is 0 Å². The summed E-state index contributed by atoms with van der Waals surface area (Å²) in [4.78, 5) is 0. The minimum atomic E-state index is 0.289. The molecule has 0 saturated heterocycles. The van der Waals surface area contributed by atoms with Crippen molar-refractivity contribution in [2.75, 3.05) is 6.61 Å². The van der Waals surface area contributed by atoms with Crippen molar-refractivity contribution in [3.8, 4) is 0 Å². The maximum atomic E-state index is 8.75. The number of benzene rings is 1. The van der Waals surface area contributed by atoms with Crippen molar-refractivity contribution in [1.82, 2.24) is 0 Å². The molecule has 1 N–H and O–H groups in total. The fraction of sp³-hybridized carbons (Fsp3) is 0.500. The van der Waals surface area contributed by atoms with Gasteiger partial charge in [-0.05, 0) is 30.4 Å². The summed E-state index contributed by atoms with van der Waals surface area (Å²) in [5, 5.41) is 8.75. The Morgan fingerprint density at radius 1 is 1.29 bits per heavy atom. The van der Waals surface area contributed by atoms with Crippen LogP contribution in [0.25, 0.3) is 0 Å². The molecule has 76 valence electrons. The molecule has 1 nitrogen and oxygen atoms in total. The van der Waals surface area contributed by atoms with E-state index in [9.17, 15) is 0 Å². The van der Waals surface area contributed by atoms with Crippen molar-refractivity contribution in [2.24, 2.45) is 0 Å². The molecule has 14 heavy (non-hydrogen) atoms. The van der Waals surface area contributed by atoms with Gasteiger partial charge in [-0.3, -0.25) is 0 Å². The standard InChI is InChI=1S/C12H19BO/c1-2-11-6-5-10(4-3-7-14)8-12(11)9-13/h5-6,8,14H,2-4,7,9,13H2,1H3. The van der Waals surface area contributed by atoms with Gasteiger partial charge in [0.05, 0.1) is 0 Å². The summed E-state index contributed by atoms with van der Waals surface area (Å²) in [6, 6.07) is 6.70. The summed E-state index contributed by atoms with van der Waals surface area (Å²) >= 11 is 0. The highest BCUT2D eigenvalue weighted by molar-refractivity contribution is 6.08. The van der Waals surface area contributed by atoms with Crippen LogP contribution in [0.3, 0.4) is 0 Å². The third-order valence-corrected chi connectivity index (χ3v) is 2.66. The predicted octanol–water partition coefficient (Wildman–Crippen LogP) is 1.31. The quantitative estimate of drug-likeness (QED) is 0.694. The van der Waals surface area contributed by atoms with Gasteiger partial charge in [0, 0.05) is 6.61 Å². The largest absolute Gasteiger partial charge is 0.396 e. The monoisotopic (exact) mass is 190 g/mol. The van der Waals surface area contributed by atoms with Gasteiger partial charge in [0.2, 0.25) is 0 Å². The molecule has 0 fully saturated rings. The van der Waals surface area contributed by atoms with E-state index >= 15 is 0 Å². The summed E-state index contributed by atoms with van der Waals surface area (Å²) in [7, 11) is 2.20. The second-order valence-corrected chi connectivity index (χ2v) is 3.64. The Morgan fingerprint density at radius 2 is 2.07 bits per heavy atom. The van der Waals surface area contributed by atoms with Crippen LogP contribution in [0, 0.1) is 0 Å². The van der Waals surface area contributed by atoms with Crippen molar-refractivity contribution in [2.45, 2.75) is 32.5 Å². The smallest absolute Gasteiger partial charge is 0.107 e. The van der Waals surface area contributed by atoms with Gasteiger partial charge < -0.3 is 5.11 Å². The first-order valence-electron chi connectivity index (χ1n) is 5.53. The Morgan fingerprint density at radius 3 is 2.64 bits per heavy atom. The zero-order valence-electron chi connectivity index (χ0n) is 9.21. The molecular weight excluding hydrogens is 171 g/mol. The van der Waals surface area contributed by atoms with Crippen LogP contribution >= 0.6 is 0 Å². The second-order valence-electron chi connectivity index (χ2n) is 3.64. The van der Waals surface area contributed by atoms with Gasteiger partial charge in [-0.15, -0.1) is 0 Å². The molecular formula is C12H19BO. The van der Waals surface area contributed by atoms with Crippen molar-refractivity contribution >= 4 is 7.85 Å². The first-order valence-corrected chi connectivity index (χ1v) is 5.53. The highest BCUT2D eigenvalue weighted by Gasteiger charge is 2.00. The van der Waals surface area contributed by atoms with E-state index in [1.54, 1.807) is 0 Å². The number of rotatable bonds is 5. The molecule has 0 atom stereocenters. The van der Waals surface area contributed by atoms with Crippen LogP contribution in [0.4, 0.5) is 0 Å². The van der Waals surface area contributed by atoms with E-state index in [4.69, 9.17) is 5.11 Å². The molecule has 0 bridgehead atoms. The Labute approximate surface area is 87.6 Å². The predicted molar refractivity (Wildman–Crippen MR) is 63.5 cm³/mol. The van der Waals surface area contributed by atoms with Crippen LogP contribution in [-0.2, 0) is 19.2 Å². The fourth-order valence-corrected chi connectivity index (χ4v) is 1.79. The maximum absolute atomic E-state index is 8.75. The van der Waals surface area contributed by atoms with E-state index in [1.165, 1.54) is 16.7 Å². The molecule has 1 aromatic carbocycles. The van der Waals surface area contributed by atoms with Gasteiger partial charge in [0.25, 0.3) is 0 Å². The fourth-order valence-electron chi connectivity index (χ4n) is 1.79. The van der Waals surface area contributed by atoms with Gasteiger partial charge in [0.1, 0.15) is 7.85 Å². The molecule has 1 rings (SSSR count). The lowest BCUT2D eigenvalue weighted by atomic mass is 9.90. The minimum absolute atomic E-state index is 0.289. The Balaban J connectivity index is 2.79. The third-order valence-electron chi connectivity index (χ3n) is 2.66. The molecule has 0 aliphatic carbocycles. The number of aliphatic hydroxyl groups is 1. The van der Waals surface area contributed by atoms with Gasteiger partial charge in [-0.25, -0.2) is 0 Å². The molecule has 0 unspecified atom stereocenters. The zero-order chi connectivity index (χ0) is 10.4. The van der Waals surface area contributed by atoms with Crippen LogP contribution < -0.4 is 0 Å². The number of hydrogen-bond acceptors (Lipinski definition) is 1. The first kappa shape index (κ1) is 11.3. The number of aliphatic hydroxyl groups excluding tert-OH is 1. The van der Waals surface area contributed by atoms with Gasteiger partial charge >= 0.3 is 0 Å². The van der Waals surface area contributed by atoms with Crippen molar-refractivity contribution in [1.29, 1.82) is 0 Å². The molecule has 0 aromatic heterocycles. The summed E-state index contributed by atoms with van der Waals surface area (Å²) in [6.07, 6.45) is 4.09. The SMILES string of the molecule is BCc1cc(CCCO)ccc1CC. The Hall–Kier alpha value is -0.755. The molecule has 0 spiro atoms. The number of hydrogen-bond donors (Lipinski definition) is 1. The van der Waals surface area contributed by atoms with Crippen LogP contribution in [0.2, 0.25) is 0 Å². The summed E-state index contributed by atoms with van der Waals surface area (Å²) in [5.41, 5.74) is 4.27. The molecule has 1 aromatic rings. The average Bonchev–Trinajstić information content (AvgIpc) is 2.25. The summed E-state index contributed by atoms with van der Waals surface area (Å²) < 4.78 is 0. The normalized spacial score (nSPS) is 10.4. The highest BCUT2D eigenvalue weighted by Crippen LogP contribution is 2.14. The molecule has 0 radical (unpaired) electrons. The maximum Gasteiger partial charge on any atom is 0.107 e. The lowest BCUT2D eigenvalue weighted by molar-refractivity contribution is 0.288. The Kier molecular flexibility index (Phi) is 4.74. The van der Waals surface area contributed by atoms with Crippen molar-refractivity contribution < 1.29 is 5.11 Å². The van der Waals surface area contributed by atoms with Gasteiger partial charge in [-0.1, -0.05) is 37.0 Å². The van der Waals surface area contributed by atoms with Crippen LogP contribution in [0.15, 0.2) is 18.2 Å². The van der Waals surface area contributed by atoms with Crippen molar-refractivity contribution in [3.63, 3.8) is 0 Å². The molecule has 0 aliphatic rings. The molecule has 0 aliphatic heterocycles. The molecule has 0 amide bonds. The average molecular weight is 190 g/mol. The van der Waals surface area contributed by atoms with E-state index in [-0.39, 0.29) is 6.61 Å². The number of aryl methyl sites for hydroxylation is 2. The lowest BCUT2D eigenvalue weighted by Gasteiger charge is -2.08. The molecule has 2 heteroatoms. The highest BCUT2D eigenvalue weighted by atomic mass is 16.2. The molecule has 0 saturated carbocycles. The first-order chi connectivity index (χ1) is 6.81. The third kappa shape index (κ3) is 2.88. The topological polar surface area (TPSA) is 20.2 Å². The second kappa shape index (κ2) is 5.87. The zero-order valence-corrected chi connectivity index (χ0v) is 9.21. The van der Waals surface area contributed by atoms with Crippen LogP contribution in [-0.4, -0.2) is 19.6 Å². The molecule has 0 heterocycles. The van der Waals surface area contributed by atoms with Crippen LogP contribution in [0.1, 0.15) is 30.0 Å². The van der Waals surface area contributed by atoms with E-state index in [0.717, 1.165) is 25.6 Å². The lowest BCUT2D eigenvalue weighted by Crippen LogP contribution is -1.96. The summed E-state index contributed by atoms with van der Waals surface area (Å²) in [6.45, 7) is 2.48. The van der Waals surface area contributed by atoms with E-state index in [2.05, 4.69) is 33.0 Å². The Bertz CT molecular complexity index is 284. The summed E-state index contributed by atoms with van der Waals surface area (Å²) in [5.74, 6) is 0. The van der Waals surface area contributed by atoms with Crippen molar-refractivity contribution in [3.05, 3.63) is 34.9 Å². The van der Waals surface area contributed by atoms with Gasteiger partial charge in [-0.2, -0.15) is 0 Å².